The van der Waals surface area contributed by atoms with Crippen LogP contribution in [0.4, 0.5) is 5.69 Å². The topological polar surface area (TPSA) is 76.7 Å². The third-order valence-corrected chi connectivity index (χ3v) is 3.76. The van der Waals surface area contributed by atoms with Crippen LogP contribution in [0.3, 0.4) is 0 Å². The number of morpholine rings is 1. The maximum absolute atomic E-state index is 12.1. The van der Waals surface area contributed by atoms with Crippen molar-refractivity contribution < 1.29 is 19.1 Å². The Hall–Kier alpha value is -1.92. The second kappa shape index (κ2) is 6.24. The van der Waals surface area contributed by atoms with Crippen LogP contribution >= 0.6 is 0 Å². The zero-order valence-electron chi connectivity index (χ0n) is 11.6. The van der Waals surface area contributed by atoms with E-state index in [1.54, 1.807) is 0 Å². The Morgan fingerprint density at radius 3 is 2.90 bits per heavy atom. The quantitative estimate of drug-likeness (QED) is 0.604. The molecule has 112 valence electrons. The third kappa shape index (κ3) is 3.22. The molecule has 3 rings (SSSR count). The lowest BCUT2D eigenvalue weighted by Gasteiger charge is -2.26. The summed E-state index contributed by atoms with van der Waals surface area (Å²) in [5.74, 6) is -1.37. The number of para-hydroxylation sites is 1. The molecule has 0 spiro atoms. The Morgan fingerprint density at radius 1 is 1.24 bits per heavy atom. The van der Waals surface area contributed by atoms with Gasteiger partial charge in [-0.2, -0.15) is 0 Å². The standard InChI is InChI=1S/C15H18N2O4/c18-14(21-15(19)13-9-20-6-5-16-13)11-7-10-3-1-2-4-12(10)17-8-11/h1-4,11,13,16-17H,5-9H2. The lowest BCUT2D eigenvalue weighted by molar-refractivity contribution is -0.165. The lowest BCUT2D eigenvalue weighted by atomic mass is 9.94. The van der Waals surface area contributed by atoms with Gasteiger partial charge in [0.15, 0.2) is 0 Å². The molecule has 6 heteroatoms. The Kier molecular flexibility index (Phi) is 4.17. The molecular weight excluding hydrogens is 272 g/mol. The van der Waals surface area contributed by atoms with Crippen molar-refractivity contribution in [3.05, 3.63) is 29.8 Å². The first-order chi connectivity index (χ1) is 10.2. The summed E-state index contributed by atoms with van der Waals surface area (Å²) >= 11 is 0. The van der Waals surface area contributed by atoms with Crippen molar-refractivity contribution in [3.63, 3.8) is 0 Å². The molecule has 2 N–H and O–H groups in total. The highest BCUT2D eigenvalue weighted by Crippen LogP contribution is 2.24. The fraction of sp³-hybridized carbons (Fsp3) is 0.467. The largest absolute Gasteiger partial charge is 0.392 e. The Bertz CT molecular complexity index is 540. The molecule has 2 aliphatic heterocycles. The second-order valence-electron chi connectivity index (χ2n) is 5.26. The predicted octanol–water partition coefficient (Wildman–Crippen LogP) is 0.329. The summed E-state index contributed by atoms with van der Waals surface area (Å²) in [6, 6.07) is 7.28. The van der Waals surface area contributed by atoms with E-state index in [-0.39, 0.29) is 12.5 Å². The van der Waals surface area contributed by atoms with E-state index < -0.39 is 18.0 Å². The zero-order valence-corrected chi connectivity index (χ0v) is 11.6. The number of carbonyl (C=O) groups is 2. The van der Waals surface area contributed by atoms with Crippen LogP contribution in [0.5, 0.6) is 0 Å². The number of ether oxygens (including phenoxy) is 2. The molecular formula is C15H18N2O4. The van der Waals surface area contributed by atoms with Gasteiger partial charge in [-0.05, 0) is 18.1 Å². The van der Waals surface area contributed by atoms with Crippen LogP contribution in [0.1, 0.15) is 5.56 Å². The van der Waals surface area contributed by atoms with Crippen molar-refractivity contribution in [1.82, 2.24) is 5.32 Å². The van der Waals surface area contributed by atoms with Crippen LogP contribution < -0.4 is 10.6 Å². The first-order valence-electron chi connectivity index (χ1n) is 7.12. The van der Waals surface area contributed by atoms with Crippen LogP contribution in [-0.4, -0.2) is 44.3 Å². The molecule has 1 aromatic rings. The first-order valence-corrected chi connectivity index (χ1v) is 7.12. The molecule has 0 aromatic heterocycles. The molecule has 0 radical (unpaired) electrons. The fourth-order valence-electron chi connectivity index (χ4n) is 2.58. The third-order valence-electron chi connectivity index (χ3n) is 3.76. The molecule has 0 amide bonds. The molecule has 1 aromatic carbocycles. The van der Waals surface area contributed by atoms with Crippen molar-refractivity contribution in [2.45, 2.75) is 12.5 Å². The molecule has 2 aliphatic rings. The minimum atomic E-state index is -0.557. The molecule has 21 heavy (non-hydrogen) atoms. The van der Waals surface area contributed by atoms with Gasteiger partial charge < -0.3 is 20.1 Å². The zero-order chi connectivity index (χ0) is 14.7. The van der Waals surface area contributed by atoms with E-state index >= 15 is 0 Å². The van der Waals surface area contributed by atoms with Crippen molar-refractivity contribution in [2.24, 2.45) is 5.92 Å². The van der Waals surface area contributed by atoms with Crippen LogP contribution in [0.25, 0.3) is 0 Å². The van der Waals surface area contributed by atoms with Crippen LogP contribution in [-0.2, 0) is 25.5 Å². The maximum atomic E-state index is 12.1. The second-order valence-corrected chi connectivity index (χ2v) is 5.26. The van der Waals surface area contributed by atoms with Gasteiger partial charge in [0.1, 0.15) is 6.04 Å². The highest BCUT2D eigenvalue weighted by molar-refractivity contribution is 5.90. The Labute approximate surface area is 122 Å². The van der Waals surface area contributed by atoms with E-state index in [4.69, 9.17) is 9.47 Å². The number of hydrogen-bond donors (Lipinski definition) is 2. The molecule has 1 fully saturated rings. The van der Waals surface area contributed by atoms with Crippen LogP contribution in [0.15, 0.2) is 24.3 Å². The summed E-state index contributed by atoms with van der Waals surface area (Å²) in [6.45, 7) is 1.89. The smallest absolute Gasteiger partial charge is 0.333 e. The monoisotopic (exact) mass is 290 g/mol. The molecule has 1 saturated heterocycles. The highest BCUT2D eigenvalue weighted by Gasteiger charge is 2.30. The molecule has 2 heterocycles. The lowest BCUT2D eigenvalue weighted by Crippen LogP contribution is -2.48. The van der Waals surface area contributed by atoms with E-state index in [1.165, 1.54) is 0 Å². The summed E-state index contributed by atoms with van der Waals surface area (Å²) < 4.78 is 10.2. The molecule has 0 aliphatic carbocycles. The van der Waals surface area contributed by atoms with E-state index in [2.05, 4.69) is 10.6 Å². The van der Waals surface area contributed by atoms with E-state index in [1.807, 2.05) is 24.3 Å². The van der Waals surface area contributed by atoms with Gasteiger partial charge in [0.05, 0.1) is 19.1 Å². The maximum Gasteiger partial charge on any atom is 0.333 e. The van der Waals surface area contributed by atoms with Gasteiger partial charge >= 0.3 is 11.9 Å². The fourth-order valence-corrected chi connectivity index (χ4v) is 2.58. The minimum Gasteiger partial charge on any atom is -0.392 e. The van der Waals surface area contributed by atoms with E-state index in [9.17, 15) is 9.59 Å². The van der Waals surface area contributed by atoms with Crippen molar-refractivity contribution in [2.75, 3.05) is 31.6 Å². The molecule has 2 unspecified atom stereocenters. The number of carbonyl (C=O) groups excluding carboxylic acids is 2. The highest BCUT2D eigenvalue weighted by atomic mass is 16.6. The molecule has 6 nitrogen and oxygen atoms in total. The van der Waals surface area contributed by atoms with E-state index in [0.717, 1.165) is 11.3 Å². The summed E-state index contributed by atoms with van der Waals surface area (Å²) in [4.78, 5) is 24.0. The van der Waals surface area contributed by atoms with E-state index in [0.29, 0.717) is 26.1 Å². The number of benzene rings is 1. The summed E-state index contributed by atoms with van der Waals surface area (Å²) in [6.07, 6.45) is 0.587. The van der Waals surface area contributed by atoms with Crippen LogP contribution in [0.2, 0.25) is 0 Å². The van der Waals surface area contributed by atoms with Gasteiger partial charge in [-0.3, -0.25) is 4.79 Å². The van der Waals surface area contributed by atoms with Crippen molar-refractivity contribution in [1.29, 1.82) is 0 Å². The normalized spacial score (nSPS) is 24.6. The molecule has 0 bridgehead atoms. The minimum absolute atomic E-state index is 0.248. The Morgan fingerprint density at radius 2 is 2.10 bits per heavy atom. The number of fused-ring (bicyclic) bond motifs is 1. The SMILES string of the molecule is O=C(OC(=O)C1COCCN1)C1CNc2ccccc2C1. The summed E-state index contributed by atoms with van der Waals surface area (Å²) in [5, 5.41) is 6.17. The van der Waals surface area contributed by atoms with Gasteiger partial charge in [0.25, 0.3) is 0 Å². The van der Waals surface area contributed by atoms with Gasteiger partial charge in [-0.1, -0.05) is 18.2 Å². The Balaban J connectivity index is 1.58. The average Bonchev–Trinajstić information content (AvgIpc) is 2.55. The van der Waals surface area contributed by atoms with Crippen molar-refractivity contribution >= 4 is 17.6 Å². The number of nitrogens with one attached hydrogen (secondary N) is 2. The number of esters is 2. The molecule has 0 saturated carbocycles. The van der Waals surface area contributed by atoms with Gasteiger partial charge in [0.2, 0.25) is 0 Å². The van der Waals surface area contributed by atoms with Crippen molar-refractivity contribution in [3.8, 4) is 0 Å². The first kappa shape index (κ1) is 14.0. The van der Waals surface area contributed by atoms with Gasteiger partial charge in [-0.15, -0.1) is 0 Å². The summed E-state index contributed by atoms with van der Waals surface area (Å²) in [5.41, 5.74) is 2.10. The number of hydrogen-bond acceptors (Lipinski definition) is 6. The number of rotatable bonds is 2. The van der Waals surface area contributed by atoms with Gasteiger partial charge in [0, 0.05) is 18.8 Å². The summed E-state index contributed by atoms with van der Waals surface area (Å²) in [7, 11) is 0. The van der Waals surface area contributed by atoms with Gasteiger partial charge in [-0.25, -0.2) is 4.79 Å². The van der Waals surface area contributed by atoms with Crippen LogP contribution in [0, 0.1) is 5.92 Å². The predicted molar refractivity (Wildman–Crippen MR) is 75.8 cm³/mol. The average molecular weight is 290 g/mol. The number of anilines is 1. The molecule has 2 atom stereocenters.